The van der Waals surface area contributed by atoms with Gasteiger partial charge in [-0.3, -0.25) is 0 Å². The molecule has 1 aromatic heterocycles. The molecule has 0 atom stereocenters. The minimum atomic E-state index is -4.38. The van der Waals surface area contributed by atoms with Gasteiger partial charge >= 0.3 is 6.18 Å². The number of ether oxygens (including phenoxy) is 1. The van der Waals surface area contributed by atoms with Gasteiger partial charge in [0.25, 0.3) is 0 Å². The standard InChI is InChI=1S/C12H7F3NO/c13-12(14,15)9-4-3-5-10(8-9)17-11-6-1-2-7-16-11/h1-6,8H. The molecule has 2 nitrogen and oxygen atoms in total. The van der Waals surface area contributed by atoms with Crippen LogP contribution in [-0.2, 0) is 6.18 Å². The van der Waals surface area contributed by atoms with Crippen LogP contribution in [0.5, 0.6) is 11.6 Å². The summed E-state index contributed by atoms with van der Waals surface area (Å²) in [5.74, 6) is 0.291. The fraction of sp³-hybridized carbons (Fsp3) is 0.0833. The van der Waals surface area contributed by atoms with E-state index < -0.39 is 11.7 Å². The lowest BCUT2D eigenvalue weighted by Gasteiger charge is -2.09. The Morgan fingerprint density at radius 2 is 1.94 bits per heavy atom. The number of hydrogen-bond donors (Lipinski definition) is 0. The number of aromatic nitrogens is 1. The largest absolute Gasteiger partial charge is 0.439 e. The van der Waals surface area contributed by atoms with Gasteiger partial charge in [-0.05, 0) is 24.3 Å². The van der Waals surface area contributed by atoms with E-state index in [0.29, 0.717) is 0 Å². The summed E-state index contributed by atoms with van der Waals surface area (Å²) >= 11 is 0. The third-order valence-corrected chi connectivity index (χ3v) is 1.97. The maximum Gasteiger partial charge on any atom is 0.416 e. The van der Waals surface area contributed by atoms with Crippen LogP contribution in [0.3, 0.4) is 0 Å². The Morgan fingerprint density at radius 1 is 1.12 bits per heavy atom. The van der Waals surface area contributed by atoms with E-state index in [0.717, 1.165) is 12.1 Å². The molecule has 0 amide bonds. The first-order valence-electron chi connectivity index (χ1n) is 4.74. The van der Waals surface area contributed by atoms with Crippen LogP contribution in [0.1, 0.15) is 5.56 Å². The van der Waals surface area contributed by atoms with Crippen LogP contribution in [0.4, 0.5) is 13.2 Å². The quantitative estimate of drug-likeness (QED) is 0.795. The normalized spacial score (nSPS) is 11.2. The monoisotopic (exact) mass is 238 g/mol. The Labute approximate surface area is 95.7 Å². The number of nitrogens with zero attached hydrogens (tertiary/aromatic N) is 1. The Morgan fingerprint density at radius 3 is 2.59 bits per heavy atom. The zero-order valence-corrected chi connectivity index (χ0v) is 8.53. The van der Waals surface area contributed by atoms with E-state index in [-0.39, 0.29) is 11.6 Å². The number of alkyl halides is 3. The third-order valence-electron chi connectivity index (χ3n) is 1.97. The van der Waals surface area contributed by atoms with Crippen molar-refractivity contribution in [3.05, 3.63) is 54.2 Å². The van der Waals surface area contributed by atoms with Gasteiger partial charge in [0.15, 0.2) is 0 Å². The van der Waals surface area contributed by atoms with Gasteiger partial charge in [0.1, 0.15) is 5.75 Å². The molecule has 0 spiro atoms. The molecule has 0 aliphatic heterocycles. The Hall–Kier alpha value is -2.04. The first-order chi connectivity index (χ1) is 8.05. The van der Waals surface area contributed by atoms with Crippen LogP contribution in [0.15, 0.2) is 42.5 Å². The van der Waals surface area contributed by atoms with E-state index in [1.54, 1.807) is 12.1 Å². The molecular weight excluding hydrogens is 231 g/mol. The summed E-state index contributed by atoms with van der Waals surface area (Å²) in [7, 11) is 0. The molecule has 0 fully saturated rings. The molecular formula is C12H7F3NO. The van der Waals surface area contributed by atoms with Crippen LogP contribution < -0.4 is 4.74 Å². The number of hydrogen-bond acceptors (Lipinski definition) is 2. The summed E-state index contributed by atoms with van der Waals surface area (Å²) in [5.41, 5.74) is -0.755. The van der Waals surface area contributed by atoms with Gasteiger partial charge in [-0.2, -0.15) is 13.2 Å². The van der Waals surface area contributed by atoms with E-state index in [4.69, 9.17) is 4.74 Å². The average Bonchev–Trinajstić information content (AvgIpc) is 2.29. The van der Waals surface area contributed by atoms with Crippen LogP contribution in [0.25, 0.3) is 0 Å². The second kappa shape index (κ2) is 4.45. The summed E-state index contributed by atoms with van der Waals surface area (Å²) in [6, 6.07) is 9.37. The second-order valence-electron chi connectivity index (χ2n) is 3.23. The van der Waals surface area contributed by atoms with E-state index in [2.05, 4.69) is 11.2 Å². The highest BCUT2D eigenvalue weighted by Crippen LogP contribution is 2.32. The molecule has 0 aliphatic carbocycles. The summed E-state index contributed by atoms with van der Waals surface area (Å²) in [6.45, 7) is 0. The van der Waals surface area contributed by atoms with Crippen LogP contribution in [0, 0.1) is 6.20 Å². The summed E-state index contributed by atoms with van der Waals surface area (Å²) < 4.78 is 42.5. The number of benzene rings is 1. The lowest BCUT2D eigenvalue weighted by molar-refractivity contribution is -0.137. The van der Waals surface area contributed by atoms with E-state index in [1.165, 1.54) is 18.2 Å². The highest BCUT2D eigenvalue weighted by atomic mass is 19.4. The maximum absolute atomic E-state index is 12.4. The topological polar surface area (TPSA) is 22.1 Å². The van der Waals surface area contributed by atoms with Crippen molar-refractivity contribution < 1.29 is 17.9 Å². The van der Waals surface area contributed by atoms with Crippen molar-refractivity contribution in [3.63, 3.8) is 0 Å². The first-order valence-corrected chi connectivity index (χ1v) is 4.74. The molecule has 1 aromatic carbocycles. The average molecular weight is 238 g/mol. The minimum absolute atomic E-state index is 0.0897. The summed E-state index contributed by atoms with van der Waals surface area (Å²) in [5, 5.41) is 0. The van der Waals surface area contributed by atoms with Crippen LogP contribution in [-0.4, -0.2) is 4.98 Å². The fourth-order valence-electron chi connectivity index (χ4n) is 1.23. The van der Waals surface area contributed by atoms with Gasteiger partial charge in [0.2, 0.25) is 5.88 Å². The molecule has 0 aliphatic rings. The lowest BCUT2D eigenvalue weighted by Crippen LogP contribution is -2.04. The van der Waals surface area contributed by atoms with Crippen LogP contribution >= 0.6 is 0 Å². The summed E-state index contributed by atoms with van der Waals surface area (Å²) in [6.07, 6.45) is -1.85. The molecule has 0 bridgehead atoms. The zero-order chi connectivity index (χ0) is 12.3. The molecule has 2 aromatic rings. The van der Waals surface area contributed by atoms with Crippen molar-refractivity contribution in [1.82, 2.24) is 4.98 Å². The van der Waals surface area contributed by atoms with Gasteiger partial charge in [-0.25, -0.2) is 4.98 Å². The first kappa shape index (κ1) is 11.4. The maximum atomic E-state index is 12.4. The molecule has 1 heterocycles. The Balaban J connectivity index is 2.23. The van der Waals surface area contributed by atoms with Gasteiger partial charge in [-0.1, -0.05) is 12.1 Å². The molecule has 0 saturated carbocycles. The molecule has 2 rings (SSSR count). The van der Waals surface area contributed by atoms with E-state index in [1.807, 2.05) is 0 Å². The Bertz CT molecular complexity index is 497. The van der Waals surface area contributed by atoms with Crippen molar-refractivity contribution in [2.45, 2.75) is 6.18 Å². The molecule has 17 heavy (non-hydrogen) atoms. The lowest BCUT2D eigenvalue weighted by atomic mass is 10.2. The Kier molecular flexibility index (Phi) is 2.99. The summed E-state index contributed by atoms with van der Waals surface area (Å²) in [4.78, 5) is 3.74. The van der Waals surface area contributed by atoms with Gasteiger partial charge in [0.05, 0.1) is 11.8 Å². The zero-order valence-electron chi connectivity index (χ0n) is 8.53. The molecule has 0 N–H and O–H groups in total. The number of rotatable bonds is 2. The smallest absolute Gasteiger partial charge is 0.416 e. The number of halogens is 3. The van der Waals surface area contributed by atoms with E-state index >= 15 is 0 Å². The van der Waals surface area contributed by atoms with Crippen molar-refractivity contribution in [3.8, 4) is 11.6 Å². The molecule has 1 radical (unpaired) electrons. The highest BCUT2D eigenvalue weighted by molar-refractivity contribution is 5.32. The van der Waals surface area contributed by atoms with Crippen LogP contribution in [0.2, 0.25) is 0 Å². The predicted molar refractivity (Wildman–Crippen MR) is 54.6 cm³/mol. The van der Waals surface area contributed by atoms with Crippen molar-refractivity contribution in [2.24, 2.45) is 0 Å². The van der Waals surface area contributed by atoms with Crippen molar-refractivity contribution >= 4 is 0 Å². The fourth-order valence-corrected chi connectivity index (χ4v) is 1.23. The van der Waals surface area contributed by atoms with Crippen molar-refractivity contribution in [1.29, 1.82) is 0 Å². The van der Waals surface area contributed by atoms with Gasteiger partial charge in [-0.15, -0.1) is 0 Å². The van der Waals surface area contributed by atoms with Gasteiger partial charge < -0.3 is 4.74 Å². The van der Waals surface area contributed by atoms with E-state index in [9.17, 15) is 13.2 Å². The molecule has 5 heteroatoms. The third kappa shape index (κ3) is 2.96. The molecule has 87 valence electrons. The highest BCUT2D eigenvalue weighted by Gasteiger charge is 2.30. The predicted octanol–water partition coefficient (Wildman–Crippen LogP) is 3.69. The molecule has 0 saturated heterocycles. The molecule has 0 unspecified atom stereocenters. The minimum Gasteiger partial charge on any atom is -0.439 e. The van der Waals surface area contributed by atoms with Crippen molar-refractivity contribution in [2.75, 3.05) is 0 Å². The second-order valence-corrected chi connectivity index (χ2v) is 3.23. The van der Waals surface area contributed by atoms with Gasteiger partial charge in [0, 0.05) is 6.07 Å². The number of pyridine rings is 1. The SMILES string of the molecule is FC(F)(F)c1cccc(Oc2ccc[c]n2)c1.